The molecular weight excluding hydrogens is 324 g/mol. The van der Waals surface area contributed by atoms with Gasteiger partial charge in [0.2, 0.25) is 10.0 Å². The summed E-state index contributed by atoms with van der Waals surface area (Å²) in [7, 11) is -3.76. The van der Waals surface area contributed by atoms with Crippen LogP contribution in [0.5, 0.6) is 0 Å². The van der Waals surface area contributed by atoms with E-state index in [1.807, 2.05) is 0 Å². The largest absolute Gasteiger partial charge is 0.452 e. The quantitative estimate of drug-likeness (QED) is 0.660. The minimum Gasteiger partial charge on any atom is -0.452 e. The number of carbonyl (C=O) groups excluding carboxylic acids is 2. The molecule has 9 heteroatoms. The molecule has 1 aromatic carbocycles. The second-order valence-corrected chi connectivity index (χ2v) is 6.82. The third-order valence-electron chi connectivity index (χ3n) is 3.25. The van der Waals surface area contributed by atoms with Crippen molar-refractivity contribution in [3.63, 3.8) is 0 Å². The number of hydrogen-bond acceptors (Lipinski definition) is 6. The molecule has 0 radical (unpaired) electrons. The molecule has 1 aromatic rings. The lowest BCUT2D eigenvalue weighted by molar-refractivity contribution is -0.121. The fourth-order valence-corrected chi connectivity index (χ4v) is 3.21. The van der Waals surface area contributed by atoms with E-state index in [0.29, 0.717) is 6.61 Å². The van der Waals surface area contributed by atoms with Crippen LogP contribution < -0.4 is 10.5 Å². The van der Waals surface area contributed by atoms with Crippen LogP contribution in [0.25, 0.3) is 0 Å². The van der Waals surface area contributed by atoms with Crippen molar-refractivity contribution in [2.45, 2.75) is 23.8 Å². The number of hydrogen-bond donors (Lipinski definition) is 2. The first-order valence-corrected chi connectivity index (χ1v) is 8.53. The number of sulfonamides is 1. The molecule has 1 heterocycles. The maximum Gasteiger partial charge on any atom is 0.338 e. The van der Waals surface area contributed by atoms with Gasteiger partial charge in [0, 0.05) is 13.2 Å². The molecule has 1 amide bonds. The van der Waals surface area contributed by atoms with E-state index >= 15 is 0 Å². The van der Waals surface area contributed by atoms with Crippen molar-refractivity contribution in [3.05, 3.63) is 29.8 Å². The molecule has 0 aliphatic carbocycles. The summed E-state index contributed by atoms with van der Waals surface area (Å²) in [5.41, 5.74) is 4.90. The third kappa shape index (κ3) is 5.02. The number of benzene rings is 1. The van der Waals surface area contributed by atoms with Crippen LogP contribution in [0, 0.1) is 0 Å². The van der Waals surface area contributed by atoms with Gasteiger partial charge in [-0.1, -0.05) is 6.07 Å². The van der Waals surface area contributed by atoms with Crippen molar-refractivity contribution < 1.29 is 27.5 Å². The third-order valence-corrected chi connectivity index (χ3v) is 4.67. The molecule has 0 unspecified atom stereocenters. The van der Waals surface area contributed by atoms with Crippen molar-refractivity contribution in [2.75, 3.05) is 19.8 Å². The minimum atomic E-state index is -3.76. The average molecular weight is 342 g/mol. The summed E-state index contributed by atoms with van der Waals surface area (Å²) in [6, 6.07) is 5.35. The standard InChI is InChI=1S/C14H18N2O6S/c15-13(17)9-22-14(18)10-3-1-5-12(7-10)23(19,20)16-8-11-4-2-6-21-11/h1,3,5,7,11,16H,2,4,6,8-9H2,(H2,15,17)/t11-/m1/s1. The Bertz CT molecular complexity index is 682. The van der Waals surface area contributed by atoms with Crippen LogP contribution in [0.4, 0.5) is 0 Å². The summed E-state index contributed by atoms with van der Waals surface area (Å²) >= 11 is 0. The van der Waals surface area contributed by atoms with Gasteiger partial charge in [-0.15, -0.1) is 0 Å². The number of carbonyl (C=O) groups is 2. The number of amides is 1. The van der Waals surface area contributed by atoms with E-state index in [9.17, 15) is 18.0 Å². The van der Waals surface area contributed by atoms with Crippen LogP contribution in [-0.4, -0.2) is 46.2 Å². The summed E-state index contributed by atoms with van der Waals surface area (Å²) in [5, 5.41) is 0. The number of primary amides is 1. The zero-order chi connectivity index (χ0) is 16.9. The highest BCUT2D eigenvalue weighted by atomic mass is 32.2. The van der Waals surface area contributed by atoms with Crippen LogP contribution in [0.3, 0.4) is 0 Å². The van der Waals surface area contributed by atoms with Crippen LogP contribution in [0.15, 0.2) is 29.2 Å². The van der Waals surface area contributed by atoms with Gasteiger partial charge < -0.3 is 15.2 Å². The summed E-state index contributed by atoms with van der Waals surface area (Å²) in [5.74, 6) is -1.61. The highest BCUT2D eigenvalue weighted by molar-refractivity contribution is 7.89. The molecular formula is C14H18N2O6S. The lowest BCUT2D eigenvalue weighted by Gasteiger charge is -2.12. The molecule has 1 saturated heterocycles. The average Bonchev–Trinajstić information content (AvgIpc) is 3.04. The molecule has 1 fully saturated rings. The van der Waals surface area contributed by atoms with Gasteiger partial charge in [0.1, 0.15) is 0 Å². The first-order chi connectivity index (χ1) is 10.9. The van der Waals surface area contributed by atoms with E-state index in [0.717, 1.165) is 12.8 Å². The fraction of sp³-hybridized carbons (Fsp3) is 0.429. The summed E-state index contributed by atoms with van der Waals surface area (Å²) in [6.07, 6.45) is 1.59. The molecule has 1 aliphatic rings. The molecule has 2 rings (SSSR count). The van der Waals surface area contributed by atoms with Crippen molar-refractivity contribution in [1.82, 2.24) is 4.72 Å². The normalized spacial score (nSPS) is 17.8. The first kappa shape index (κ1) is 17.4. The highest BCUT2D eigenvalue weighted by Gasteiger charge is 2.21. The summed E-state index contributed by atoms with van der Waals surface area (Å²) in [4.78, 5) is 22.3. The second-order valence-electron chi connectivity index (χ2n) is 5.06. The lowest BCUT2D eigenvalue weighted by Crippen LogP contribution is -2.32. The van der Waals surface area contributed by atoms with Crippen molar-refractivity contribution in [2.24, 2.45) is 5.73 Å². The van der Waals surface area contributed by atoms with Gasteiger partial charge in [-0.05, 0) is 31.0 Å². The molecule has 0 bridgehead atoms. The molecule has 1 aliphatic heterocycles. The van der Waals surface area contributed by atoms with Gasteiger partial charge in [0.05, 0.1) is 16.6 Å². The van der Waals surface area contributed by atoms with E-state index in [-0.39, 0.29) is 23.1 Å². The number of rotatable bonds is 7. The fourth-order valence-electron chi connectivity index (χ4n) is 2.10. The number of esters is 1. The Labute approximate surface area is 134 Å². The number of nitrogens with two attached hydrogens (primary N) is 1. The highest BCUT2D eigenvalue weighted by Crippen LogP contribution is 2.15. The van der Waals surface area contributed by atoms with Gasteiger partial charge in [0.15, 0.2) is 6.61 Å². The van der Waals surface area contributed by atoms with Gasteiger partial charge in [-0.2, -0.15) is 0 Å². The van der Waals surface area contributed by atoms with Gasteiger partial charge in [-0.3, -0.25) is 4.79 Å². The maximum absolute atomic E-state index is 12.2. The van der Waals surface area contributed by atoms with Crippen LogP contribution >= 0.6 is 0 Å². The van der Waals surface area contributed by atoms with Crippen molar-refractivity contribution in [1.29, 1.82) is 0 Å². The SMILES string of the molecule is NC(=O)COC(=O)c1cccc(S(=O)(=O)NC[C@H]2CCCO2)c1. The zero-order valence-electron chi connectivity index (χ0n) is 12.4. The molecule has 0 aromatic heterocycles. The Morgan fingerprint density at radius 2 is 2.17 bits per heavy atom. The topological polar surface area (TPSA) is 125 Å². The minimum absolute atomic E-state index is 0.0197. The van der Waals surface area contributed by atoms with E-state index in [2.05, 4.69) is 9.46 Å². The summed E-state index contributed by atoms with van der Waals surface area (Å²) < 4.78 is 36.9. The second kappa shape index (κ2) is 7.53. The van der Waals surface area contributed by atoms with Crippen LogP contribution in [0.1, 0.15) is 23.2 Å². The van der Waals surface area contributed by atoms with Crippen LogP contribution in [0.2, 0.25) is 0 Å². The monoisotopic (exact) mass is 342 g/mol. The first-order valence-electron chi connectivity index (χ1n) is 7.05. The Morgan fingerprint density at radius 1 is 1.39 bits per heavy atom. The summed E-state index contributed by atoms with van der Waals surface area (Å²) in [6.45, 7) is 0.249. The number of ether oxygens (including phenoxy) is 2. The Morgan fingerprint density at radius 3 is 2.83 bits per heavy atom. The number of nitrogens with one attached hydrogen (secondary N) is 1. The molecule has 1 atom stereocenters. The Kier molecular flexibility index (Phi) is 5.69. The molecule has 23 heavy (non-hydrogen) atoms. The smallest absolute Gasteiger partial charge is 0.338 e. The maximum atomic E-state index is 12.2. The van der Waals surface area contributed by atoms with Gasteiger partial charge in [0.25, 0.3) is 5.91 Å². The zero-order valence-corrected chi connectivity index (χ0v) is 13.2. The molecule has 3 N–H and O–H groups in total. The van der Waals surface area contributed by atoms with E-state index in [1.165, 1.54) is 24.3 Å². The molecule has 0 spiro atoms. The molecule has 126 valence electrons. The predicted octanol–water partition coefficient (Wildman–Crippen LogP) is -0.214. The predicted molar refractivity (Wildman–Crippen MR) is 80.1 cm³/mol. The lowest BCUT2D eigenvalue weighted by atomic mass is 10.2. The molecule has 0 saturated carbocycles. The van der Waals surface area contributed by atoms with Crippen molar-refractivity contribution in [3.8, 4) is 0 Å². The van der Waals surface area contributed by atoms with Gasteiger partial charge >= 0.3 is 5.97 Å². The Hall–Kier alpha value is -1.97. The Balaban J connectivity index is 2.04. The van der Waals surface area contributed by atoms with Crippen molar-refractivity contribution >= 4 is 21.9 Å². The van der Waals surface area contributed by atoms with E-state index in [4.69, 9.17) is 10.5 Å². The van der Waals surface area contributed by atoms with E-state index < -0.39 is 28.5 Å². The van der Waals surface area contributed by atoms with Gasteiger partial charge in [-0.25, -0.2) is 17.9 Å². The molecule has 8 nitrogen and oxygen atoms in total. The van der Waals surface area contributed by atoms with E-state index in [1.54, 1.807) is 0 Å². The van der Waals surface area contributed by atoms with Crippen LogP contribution in [-0.2, 0) is 24.3 Å².